The predicted molar refractivity (Wildman–Crippen MR) is 50.3 cm³/mol. The van der Waals surface area contributed by atoms with E-state index in [9.17, 15) is 9.90 Å². The number of carbonyl (C=O) groups is 1. The minimum Gasteiger partial charge on any atom is -0.368 e. The molecule has 0 aromatic rings. The van der Waals surface area contributed by atoms with Crippen molar-refractivity contribution in [3.05, 3.63) is 10.1 Å². The standard InChI is InChI=1S/C6H7Cl2NO2S/c7-3-4(8)6(11)9(1-2-12)5(3)10/h5,10,12H,1-2H2. The molecule has 1 rings (SSSR count). The van der Waals surface area contributed by atoms with E-state index in [0.29, 0.717) is 12.3 Å². The minimum atomic E-state index is -1.10. The van der Waals surface area contributed by atoms with Gasteiger partial charge in [0.05, 0.1) is 5.03 Å². The summed E-state index contributed by atoms with van der Waals surface area (Å²) in [6.45, 7) is 0.329. The van der Waals surface area contributed by atoms with E-state index in [1.54, 1.807) is 0 Å². The van der Waals surface area contributed by atoms with Crippen LogP contribution in [0.2, 0.25) is 0 Å². The fraction of sp³-hybridized carbons (Fsp3) is 0.500. The summed E-state index contributed by atoms with van der Waals surface area (Å²) in [6.07, 6.45) is -1.10. The van der Waals surface area contributed by atoms with Gasteiger partial charge in [-0.25, -0.2) is 0 Å². The van der Waals surface area contributed by atoms with Gasteiger partial charge in [0.15, 0.2) is 6.23 Å². The lowest BCUT2D eigenvalue weighted by Crippen LogP contribution is -2.36. The highest BCUT2D eigenvalue weighted by molar-refractivity contribution is 7.80. The number of carbonyl (C=O) groups excluding carboxylic acids is 1. The Morgan fingerprint density at radius 2 is 2.17 bits per heavy atom. The van der Waals surface area contributed by atoms with Gasteiger partial charge in [-0.15, -0.1) is 0 Å². The van der Waals surface area contributed by atoms with Crippen molar-refractivity contribution in [2.45, 2.75) is 6.23 Å². The van der Waals surface area contributed by atoms with E-state index >= 15 is 0 Å². The number of halogens is 2. The van der Waals surface area contributed by atoms with E-state index in [-0.39, 0.29) is 10.1 Å². The second-order valence-corrected chi connectivity index (χ2v) is 3.49. The Morgan fingerprint density at radius 1 is 1.58 bits per heavy atom. The van der Waals surface area contributed by atoms with Crippen LogP contribution in [0.4, 0.5) is 0 Å². The lowest BCUT2D eigenvalue weighted by Gasteiger charge is -2.19. The van der Waals surface area contributed by atoms with E-state index in [4.69, 9.17) is 23.2 Å². The number of thiol groups is 1. The largest absolute Gasteiger partial charge is 0.368 e. The zero-order valence-electron chi connectivity index (χ0n) is 6.00. The van der Waals surface area contributed by atoms with Crippen molar-refractivity contribution >= 4 is 41.7 Å². The highest BCUT2D eigenvalue weighted by Gasteiger charge is 2.35. The molecule has 0 aliphatic carbocycles. The van der Waals surface area contributed by atoms with Gasteiger partial charge < -0.3 is 10.0 Å². The Morgan fingerprint density at radius 3 is 2.50 bits per heavy atom. The molecule has 0 saturated heterocycles. The Bertz CT molecular complexity index is 244. The van der Waals surface area contributed by atoms with Gasteiger partial charge in [0.2, 0.25) is 0 Å². The molecule has 0 saturated carbocycles. The Hall–Kier alpha value is 0.1000. The summed E-state index contributed by atoms with van der Waals surface area (Å²) in [4.78, 5) is 12.3. The molecule has 0 aromatic carbocycles. The van der Waals surface area contributed by atoms with Crippen LogP contribution in [-0.2, 0) is 4.79 Å². The lowest BCUT2D eigenvalue weighted by atomic mass is 10.5. The van der Waals surface area contributed by atoms with Crippen LogP contribution in [0.25, 0.3) is 0 Å². The Balaban J connectivity index is 2.80. The van der Waals surface area contributed by atoms with Crippen LogP contribution >= 0.6 is 35.8 Å². The number of nitrogens with zero attached hydrogens (tertiary/aromatic N) is 1. The summed E-state index contributed by atoms with van der Waals surface area (Å²) >= 11 is 15.0. The Labute approximate surface area is 85.3 Å². The average Bonchev–Trinajstić information content (AvgIpc) is 2.23. The Kier molecular flexibility index (Phi) is 3.29. The van der Waals surface area contributed by atoms with Gasteiger partial charge in [0.1, 0.15) is 5.03 Å². The van der Waals surface area contributed by atoms with Crippen molar-refractivity contribution in [2.24, 2.45) is 0 Å². The van der Waals surface area contributed by atoms with Crippen molar-refractivity contribution < 1.29 is 9.90 Å². The number of rotatable bonds is 2. The first-order valence-corrected chi connectivity index (χ1v) is 4.63. The molecular formula is C6H7Cl2NO2S. The van der Waals surface area contributed by atoms with Crippen LogP contribution in [0.15, 0.2) is 10.1 Å². The maximum absolute atomic E-state index is 11.2. The van der Waals surface area contributed by atoms with Crippen molar-refractivity contribution in [3.8, 4) is 0 Å². The summed E-state index contributed by atoms with van der Waals surface area (Å²) in [5, 5.41) is 9.21. The summed E-state index contributed by atoms with van der Waals surface area (Å²) in [5.74, 6) is 0.0140. The smallest absolute Gasteiger partial charge is 0.269 e. The van der Waals surface area contributed by atoms with Gasteiger partial charge in [0.25, 0.3) is 5.91 Å². The normalized spacial score (nSPS) is 24.2. The number of aliphatic hydroxyl groups is 1. The monoisotopic (exact) mass is 227 g/mol. The number of amides is 1. The topological polar surface area (TPSA) is 40.5 Å². The van der Waals surface area contributed by atoms with Crippen LogP contribution in [0, 0.1) is 0 Å². The molecule has 6 heteroatoms. The van der Waals surface area contributed by atoms with Crippen molar-refractivity contribution in [2.75, 3.05) is 12.3 Å². The van der Waals surface area contributed by atoms with Crippen LogP contribution in [0.3, 0.4) is 0 Å². The summed E-state index contributed by atoms with van der Waals surface area (Å²) in [7, 11) is 0. The fourth-order valence-corrected chi connectivity index (χ4v) is 1.54. The van der Waals surface area contributed by atoms with Crippen LogP contribution < -0.4 is 0 Å². The third-order valence-electron chi connectivity index (χ3n) is 1.52. The molecular weight excluding hydrogens is 221 g/mol. The molecule has 1 amide bonds. The highest BCUT2D eigenvalue weighted by atomic mass is 35.5. The molecule has 0 aromatic heterocycles. The fourth-order valence-electron chi connectivity index (χ4n) is 0.921. The van der Waals surface area contributed by atoms with Crippen molar-refractivity contribution in [1.82, 2.24) is 4.90 Å². The highest BCUT2D eigenvalue weighted by Crippen LogP contribution is 2.29. The first-order chi connectivity index (χ1) is 5.59. The molecule has 0 radical (unpaired) electrons. The van der Waals surface area contributed by atoms with Gasteiger partial charge in [-0.2, -0.15) is 12.6 Å². The van der Waals surface area contributed by atoms with E-state index in [1.807, 2.05) is 0 Å². The van der Waals surface area contributed by atoms with Crippen LogP contribution in [-0.4, -0.2) is 34.4 Å². The van der Waals surface area contributed by atoms with E-state index < -0.39 is 12.1 Å². The van der Waals surface area contributed by atoms with Gasteiger partial charge in [-0.05, 0) is 0 Å². The second kappa shape index (κ2) is 3.87. The average molecular weight is 228 g/mol. The molecule has 0 bridgehead atoms. The summed E-state index contributed by atoms with van der Waals surface area (Å²) < 4.78 is 0. The van der Waals surface area contributed by atoms with E-state index in [2.05, 4.69) is 12.6 Å². The molecule has 12 heavy (non-hydrogen) atoms. The van der Waals surface area contributed by atoms with Gasteiger partial charge in [-0.3, -0.25) is 4.79 Å². The maximum atomic E-state index is 11.2. The predicted octanol–water partition coefficient (Wildman–Crippen LogP) is 0.766. The van der Waals surface area contributed by atoms with E-state index in [0.717, 1.165) is 4.90 Å². The molecule has 3 nitrogen and oxygen atoms in total. The number of hydrogen-bond donors (Lipinski definition) is 2. The molecule has 1 aliphatic heterocycles. The zero-order chi connectivity index (χ0) is 9.30. The lowest BCUT2D eigenvalue weighted by molar-refractivity contribution is -0.130. The third-order valence-corrected chi connectivity index (χ3v) is 2.57. The zero-order valence-corrected chi connectivity index (χ0v) is 8.40. The molecule has 1 atom stereocenters. The number of hydrogen-bond acceptors (Lipinski definition) is 3. The molecule has 68 valence electrons. The number of aliphatic hydroxyl groups excluding tert-OH is 1. The SMILES string of the molecule is O=C1C(Cl)=C(Cl)C(O)N1CCS. The van der Waals surface area contributed by atoms with Gasteiger partial charge in [0, 0.05) is 12.3 Å². The van der Waals surface area contributed by atoms with E-state index in [1.165, 1.54) is 0 Å². The maximum Gasteiger partial charge on any atom is 0.269 e. The summed E-state index contributed by atoms with van der Waals surface area (Å²) in [6, 6.07) is 0. The van der Waals surface area contributed by atoms with Crippen molar-refractivity contribution in [3.63, 3.8) is 0 Å². The minimum absolute atomic E-state index is 0.0107. The second-order valence-electron chi connectivity index (χ2n) is 2.26. The van der Waals surface area contributed by atoms with Gasteiger partial charge in [-0.1, -0.05) is 23.2 Å². The molecule has 1 aliphatic rings. The van der Waals surface area contributed by atoms with Crippen LogP contribution in [0.5, 0.6) is 0 Å². The molecule has 1 heterocycles. The quantitative estimate of drug-likeness (QED) is 0.685. The van der Waals surface area contributed by atoms with Gasteiger partial charge >= 0.3 is 0 Å². The molecule has 1 unspecified atom stereocenters. The summed E-state index contributed by atoms with van der Waals surface area (Å²) in [5.41, 5.74) is 0. The molecule has 0 fully saturated rings. The molecule has 0 spiro atoms. The first-order valence-electron chi connectivity index (χ1n) is 3.24. The third kappa shape index (κ3) is 1.57. The van der Waals surface area contributed by atoms with Crippen molar-refractivity contribution in [1.29, 1.82) is 0 Å². The molecule has 1 N–H and O–H groups in total. The first kappa shape index (κ1) is 10.2. The van der Waals surface area contributed by atoms with Crippen LogP contribution in [0.1, 0.15) is 0 Å².